The zero-order valence-corrected chi connectivity index (χ0v) is 18.1. The van der Waals surface area contributed by atoms with Crippen molar-refractivity contribution in [3.63, 3.8) is 0 Å². The Morgan fingerprint density at radius 2 is 1.83 bits per heavy atom. The fourth-order valence-corrected chi connectivity index (χ4v) is 4.71. The van der Waals surface area contributed by atoms with Crippen molar-refractivity contribution in [3.8, 4) is 0 Å². The predicted octanol–water partition coefficient (Wildman–Crippen LogP) is 4.34. The number of piperidine rings is 1. The molecule has 1 aliphatic heterocycles. The number of amides is 1. The predicted molar refractivity (Wildman–Crippen MR) is 114 cm³/mol. The van der Waals surface area contributed by atoms with Gasteiger partial charge >= 0.3 is 0 Å². The van der Waals surface area contributed by atoms with Gasteiger partial charge in [0.25, 0.3) is 0 Å². The third-order valence-corrected chi connectivity index (χ3v) is 6.48. The quantitative estimate of drug-likeness (QED) is 0.641. The van der Waals surface area contributed by atoms with E-state index < -0.39 is 11.5 Å². The first-order valence-electron chi connectivity index (χ1n) is 9.98. The molecule has 0 spiro atoms. The minimum Gasteiger partial charge on any atom is -0.394 e. The van der Waals surface area contributed by atoms with Gasteiger partial charge in [0.1, 0.15) is 5.82 Å². The molecule has 29 heavy (non-hydrogen) atoms. The van der Waals surface area contributed by atoms with Crippen molar-refractivity contribution in [1.82, 2.24) is 4.90 Å². The van der Waals surface area contributed by atoms with Crippen molar-refractivity contribution >= 4 is 21.8 Å². The zero-order chi connectivity index (χ0) is 21.0. The van der Waals surface area contributed by atoms with Crippen molar-refractivity contribution in [3.05, 3.63) is 69.9 Å². The molecule has 2 aromatic rings. The molecule has 1 amide bonds. The molecule has 4 nitrogen and oxygen atoms in total. The van der Waals surface area contributed by atoms with Gasteiger partial charge in [-0.15, -0.1) is 0 Å². The average Bonchev–Trinajstić information content (AvgIpc) is 2.71. The van der Waals surface area contributed by atoms with Gasteiger partial charge in [-0.25, -0.2) is 4.39 Å². The van der Waals surface area contributed by atoms with Gasteiger partial charge in [-0.3, -0.25) is 4.79 Å². The number of rotatable bonds is 7. The van der Waals surface area contributed by atoms with Gasteiger partial charge in [-0.05, 0) is 54.7 Å². The van der Waals surface area contributed by atoms with Crippen LogP contribution in [0.15, 0.2) is 53.0 Å². The standard InChI is InChI=1S/C23H27BrFNO3/c1-2-21(16-3-7-18(24)8-4-16)26-12-11-23(14-22(26)29,13-20(28)15-27)17-5-9-19(25)10-6-17/h3-10,20-21,27-28H,2,11-15H2,1H3/t20-,21+,23-/m1/s1. The molecule has 0 aliphatic carbocycles. The molecule has 3 rings (SSSR count). The summed E-state index contributed by atoms with van der Waals surface area (Å²) in [5.74, 6) is -0.322. The third kappa shape index (κ3) is 4.87. The summed E-state index contributed by atoms with van der Waals surface area (Å²) >= 11 is 3.45. The Kier molecular flexibility index (Phi) is 7.09. The molecule has 0 bridgehead atoms. The summed E-state index contributed by atoms with van der Waals surface area (Å²) in [6, 6.07) is 14.2. The highest BCUT2D eigenvalue weighted by Crippen LogP contribution is 2.42. The van der Waals surface area contributed by atoms with Crippen molar-refractivity contribution in [2.45, 2.75) is 50.2 Å². The van der Waals surface area contributed by atoms with E-state index in [1.165, 1.54) is 12.1 Å². The van der Waals surface area contributed by atoms with Crippen LogP contribution < -0.4 is 0 Å². The Labute approximate surface area is 179 Å². The highest BCUT2D eigenvalue weighted by Gasteiger charge is 2.43. The van der Waals surface area contributed by atoms with Gasteiger partial charge in [-0.1, -0.05) is 47.1 Å². The van der Waals surface area contributed by atoms with Crippen LogP contribution in [0.4, 0.5) is 4.39 Å². The van der Waals surface area contributed by atoms with Crippen LogP contribution in [-0.4, -0.2) is 40.3 Å². The average molecular weight is 464 g/mol. The van der Waals surface area contributed by atoms with E-state index in [9.17, 15) is 19.4 Å². The number of aliphatic hydroxyl groups excluding tert-OH is 2. The minimum atomic E-state index is -0.923. The van der Waals surface area contributed by atoms with E-state index in [1.54, 1.807) is 12.1 Å². The van der Waals surface area contributed by atoms with E-state index in [4.69, 9.17) is 0 Å². The number of aliphatic hydroxyl groups is 2. The molecule has 0 unspecified atom stereocenters. The molecule has 6 heteroatoms. The Balaban J connectivity index is 1.87. The van der Waals surface area contributed by atoms with Crippen LogP contribution in [0, 0.1) is 5.82 Å². The smallest absolute Gasteiger partial charge is 0.223 e. The van der Waals surface area contributed by atoms with Gasteiger partial charge in [-0.2, -0.15) is 0 Å². The van der Waals surface area contributed by atoms with Crippen LogP contribution in [0.25, 0.3) is 0 Å². The number of hydrogen-bond donors (Lipinski definition) is 2. The molecule has 1 fully saturated rings. The Morgan fingerprint density at radius 1 is 1.17 bits per heavy atom. The molecular weight excluding hydrogens is 437 g/mol. The normalized spacial score (nSPS) is 21.8. The second-order valence-electron chi connectivity index (χ2n) is 7.82. The van der Waals surface area contributed by atoms with Gasteiger partial charge in [0.05, 0.1) is 18.8 Å². The number of likely N-dealkylation sites (tertiary alicyclic amines) is 1. The van der Waals surface area contributed by atoms with Crippen LogP contribution in [0.3, 0.4) is 0 Å². The molecular formula is C23H27BrFNO3. The molecule has 0 radical (unpaired) electrons. The van der Waals surface area contributed by atoms with Crippen molar-refractivity contribution in [2.75, 3.05) is 13.2 Å². The summed E-state index contributed by atoms with van der Waals surface area (Å²) in [6.45, 7) is 2.25. The van der Waals surface area contributed by atoms with Crippen LogP contribution >= 0.6 is 15.9 Å². The summed E-state index contributed by atoms with van der Waals surface area (Å²) < 4.78 is 14.4. The van der Waals surface area contributed by atoms with Crippen molar-refractivity contribution in [1.29, 1.82) is 0 Å². The number of hydrogen-bond acceptors (Lipinski definition) is 3. The topological polar surface area (TPSA) is 60.8 Å². The number of halogens is 2. The van der Waals surface area contributed by atoms with Gasteiger partial charge in [0, 0.05) is 22.9 Å². The maximum Gasteiger partial charge on any atom is 0.223 e. The van der Waals surface area contributed by atoms with Gasteiger partial charge < -0.3 is 15.1 Å². The third-order valence-electron chi connectivity index (χ3n) is 5.95. The summed E-state index contributed by atoms with van der Waals surface area (Å²) in [5, 5.41) is 19.5. The zero-order valence-electron chi connectivity index (χ0n) is 16.5. The molecule has 1 saturated heterocycles. The highest BCUT2D eigenvalue weighted by molar-refractivity contribution is 9.10. The van der Waals surface area contributed by atoms with E-state index in [2.05, 4.69) is 22.9 Å². The van der Waals surface area contributed by atoms with Crippen LogP contribution in [-0.2, 0) is 10.2 Å². The van der Waals surface area contributed by atoms with Crippen LogP contribution in [0.5, 0.6) is 0 Å². The van der Waals surface area contributed by atoms with E-state index in [0.29, 0.717) is 13.0 Å². The SMILES string of the molecule is CC[C@@H](c1ccc(Br)cc1)N1CC[C@](C[C@@H](O)CO)(c2ccc(F)cc2)CC1=O. The lowest BCUT2D eigenvalue weighted by molar-refractivity contribution is -0.139. The Hall–Kier alpha value is -1.76. The number of carbonyl (C=O) groups excluding carboxylic acids is 1. The first-order chi connectivity index (χ1) is 13.9. The molecule has 0 aromatic heterocycles. The first kappa shape index (κ1) is 21.9. The molecule has 1 heterocycles. The summed E-state index contributed by atoms with van der Waals surface area (Å²) in [6.07, 6.45) is 1.02. The molecule has 1 aliphatic rings. The van der Waals surface area contributed by atoms with E-state index in [0.717, 1.165) is 22.0 Å². The van der Waals surface area contributed by atoms with E-state index >= 15 is 0 Å². The largest absolute Gasteiger partial charge is 0.394 e. The molecule has 0 saturated carbocycles. The molecule has 2 N–H and O–H groups in total. The van der Waals surface area contributed by atoms with Crippen molar-refractivity contribution in [2.24, 2.45) is 0 Å². The monoisotopic (exact) mass is 463 g/mol. The molecule has 156 valence electrons. The second kappa shape index (κ2) is 9.37. The lowest BCUT2D eigenvalue weighted by Gasteiger charge is -2.45. The Morgan fingerprint density at radius 3 is 2.38 bits per heavy atom. The molecule has 2 aromatic carbocycles. The van der Waals surface area contributed by atoms with Gasteiger partial charge in [0.2, 0.25) is 5.91 Å². The first-order valence-corrected chi connectivity index (χ1v) is 10.8. The minimum absolute atomic E-state index is 0.00965. The maximum absolute atomic E-state index is 13.4. The van der Waals surface area contributed by atoms with E-state index in [-0.39, 0.29) is 37.2 Å². The number of nitrogens with zero attached hydrogens (tertiary/aromatic N) is 1. The highest BCUT2D eigenvalue weighted by atomic mass is 79.9. The van der Waals surface area contributed by atoms with Crippen LogP contribution in [0.1, 0.15) is 49.8 Å². The van der Waals surface area contributed by atoms with Crippen LogP contribution in [0.2, 0.25) is 0 Å². The van der Waals surface area contributed by atoms with Crippen molar-refractivity contribution < 1.29 is 19.4 Å². The fourth-order valence-electron chi connectivity index (χ4n) is 4.45. The van der Waals surface area contributed by atoms with Gasteiger partial charge in [0.15, 0.2) is 0 Å². The lowest BCUT2D eigenvalue weighted by Crippen LogP contribution is -2.49. The fraction of sp³-hybridized carbons (Fsp3) is 0.435. The second-order valence-corrected chi connectivity index (χ2v) is 8.73. The maximum atomic E-state index is 13.4. The summed E-state index contributed by atoms with van der Waals surface area (Å²) in [4.78, 5) is 15.2. The summed E-state index contributed by atoms with van der Waals surface area (Å²) in [7, 11) is 0. The number of carbonyl (C=O) groups is 1. The summed E-state index contributed by atoms with van der Waals surface area (Å²) in [5.41, 5.74) is 1.31. The Bertz CT molecular complexity index is 827. The van der Waals surface area contributed by atoms with E-state index in [1.807, 2.05) is 29.2 Å². The lowest BCUT2D eigenvalue weighted by atomic mass is 9.68. The number of benzene rings is 2. The molecule has 3 atom stereocenters.